The predicted molar refractivity (Wildman–Crippen MR) is 89.9 cm³/mol. The molecular weight excluding hydrogens is 317 g/mol. The summed E-state index contributed by atoms with van der Waals surface area (Å²) in [6.45, 7) is 6.55. The fraction of sp³-hybridized carbons (Fsp3) is 0.588. The molecule has 4 nitrogen and oxygen atoms in total. The Morgan fingerprint density at radius 1 is 1.33 bits per heavy atom. The molecule has 0 aromatic heterocycles. The Balaban J connectivity index is 1.82. The van der Waals surface area contributed by atoms with E-state index in [1.807, 2.05) is 0 Å². The van der Waals surface area contributed by atoms with Crippen molar-refractivity contribution in [3.63, 3.8) is 0 Å². The highest BCUT2D eigenvalue weighted by Crippen LogP contribution is 2.29. The van der Waals surface area contributed by atoms with Gasteiger partial charge in [-0.15, -0.1) is 0 Å². The number of rotatable bonds is 5. The number of guanidine groups is 1. The van der Waals surface area contributed by atoms with E-state index >= 15 is 0 Å². The smallest absolute Gasteiger partial charge is 0.356 e. The molecular formula is C17H25F3N4. The van der Waals surface area contributed by atoms with Crippen molar-refractivity contribution in [1.29, 1.82) is 0 Å². The van der Waals surface area contributed by atoms with Gasteiger partial charge in [0.15, 0.2) is 5.96 Å². The van der Waals surface area contributed by atoms with Crippen LogP contribution in [0.25, 0.3) is 0 Å². The first kappa shape index (κ1) is 18.6. The van der Waals surface area contributed by atoms with E-state index in [1.165, 1.54) is 6.07 Å². The molecule has 2 N–H and O–H groups in total. The quantitative estimate of drug-likeness (QED) is 0.638. The lowest BCUT2D eigenvalue weighted by molar-refractivity contribution is -0.137. The summed E-state index contributed by atoms with van der Waals surface area (Å²) in [5.41, 5.74) is -0.0545. The lowest BCUT2D eigenvalue weighted by Gasteiger charge is -2.16. The molecule has 134 valence electrons. The fourth-order valence-corrected chi connectivity index (χ4v) is 2.87. The third kappa shape index (κ3) is 5.40. The molecule has 1 aromatic rings. The van der Waals surface area contributed by atoms with Crippen LogP contribution in [0.4, 0.5) is 13.2 Å². The molecule has 1 aromatic carbocycles. The van der Waals surface area contributed by atoms with Crippen LogP contribution >= 0.6 is 0 Å². The number of hydrogen-bond donors (Lipinski definition) is 2. The third-order valence-corrected chi connectivity index (χ3v) is 4.31. The molecule has 1 fully saturated rings. The molecule has 1 aliphatic heterocycles. The highest BCUT2D eigenvalue weighted by atomic mass is 19.4. The van der Waals surface area contributed by atoms with Gasteiger partial charge in [0.1, 0.15) is 0 Å². The molecule has 7 heteroatoms. The van der Waals surface area contributed by atoms with Crippen molar-refractivity contribution in [2.45, 2.75) is 26.1 Å². The molecule has 2 rings (SSSR count). The lowest BCUT2D eigenvalue weighted by Crippen LogP contribution is -2.39. The summed E-state index contributed by atoms with van der Waals surface area (Å²) in [6.07, 6.45) is -3.16. The van der Waals surface area contributed by atoms with Crippen molar-refractivity contribution in [3.8, 4) is 0 Å². The SMILES string of the molecule is CCN1CCC(CNC(=NC)NCc2cccc(C(F)(F)F)c2)C1. The summed E-state index contributed by atoms with van der Waals surface area (Å²) in [6, 6.07) is 5.34. The normalized spacial score (nSPS) is 19.5. The Labute approximate surface area is 141 Å². The van der Waals surface area contributed by atoms with Gasteiger partial charge < -0.3 is 15.5 Å². The van der Waals surface area contributed by atoms with Crippen LogP contribution in [0.15, 0.2) is 29.3 Å². The average Bonchev–Trinajstić information content (AvgIpc) is 3.02. The zero-order chi connectivity index (χ0) is 17.6. The molecule has 1 heterocycles. The molecule has 0 spiro atoms. The molecule has 0 saturated carbocycles. The zero-order valence-electron chi connectivity index (χ0n) is 14.2. The molecule has 1 atom stereocenters. The number of halogens is 3. The van der Waals surface area contributed by atoms with Crippen LogP contribution in [-0.4, -0.2) is 44.1 Å². The first-order chi connectivity index (χ1) is 11.4. The molecule has 1 aliphatic rings. The van der Waals surface area contributed by atoms with Crippen LogP contribution in [0.5, 0.6) is 0 Å². The van der Waals surface area contributed by atoms with Crippen molar-refractivity contribution in [2.75, 3.05) is 33.2 Å². The Morgan fingerprint density at radius 2 is 2.12 bits per heavy atom. The molecule has 24 heavy (non-hydrogen) atoms. The van der Waals surface area contributed by atoms with E-state index in [9.17, 15) is 13.2 Å². The van der Waals surface area contributed by atoms with E-state index in [1.54, 1.807) is 13.1 Å². The van der Waals surface area contributed by atoms with Crippen molar-refractivity contribution >= 4 is 5.96 Å². The summed E-state index contributed by atoms with van der Waals surface area (Å²) in [5.74, 6) is 1.19. The molecule has 1 saturated heterocycles. The fourth-order valence-electron chi connectivity index (χ4n) is 2.87. The van der Waals surface area contributed by atoms with Crippen molar-refractivity contribution in [2.24, 2.45) is 10.9 Å². The first-order valence-electron chi connectivity index (χ1n) is 8.25. The summed E-state index contributed by atoms with van der Waals surface area (Å²) in [5, 5.41) is 6.33. The molecule has 1 unspecified atom stereocenters. The third-order valence-electron chi connectivity index (χ3n) is 4.31. The summed E-state index contributed by atoms with van der Waals surface area (Å²) in [7, 11) is 1.66. The first-order valence-corrected chi connectivity index (χ1v) is 8.25. The monoisotopic (exact) mass is 342 g/mol. The molecule has 0 aliphatic carbocycles. The maximum atomic E-state index is 12.7. The van der Waals surface area contributed by atoms with Crippen LogP contribution in [0, 0.1) is 5.92 Å². The Bertz CT molecular complexity index is 557. The van der Waals surface area contributed by atoms with Gasteiger partial charge >= 0.3 is 6.18 Å². The van der Waals surface area contributed by atoms with Crippen LogP contribution in [-0.2, 0) is 12.7 Å². The van der Waals surface area contributed by atoms with Gasteiger partial charge in [-0.1, -0.05) is 19.1 Å². The number of aliphatic imine (C=N–C) groups is 1. The predicted octanol–water partition coefficient (Wildman–Crippen LogP) is 2.71. The van der Waals surface area contributed by atoms with E-state index in [-0.39, 0.29) is 0 Å². The number of alkyl halides is 3. The number of likely N-dealkylation sites (tertiary alicyclic amines) is 1. The van der Waals surface area contributed by atoms with Gasteiger partial charge in [-0.05, 0) is 43.1 Å². The van der Waals surface area contributed by atoms with Crippen LogP contribution in [0.1, 0.15) is 24.5 Å². The van der Waals surface area contributed by atoms with E-state index in [4.69, 9.17) is 0 Å². The van der Waals surface area contributed by atoms with Gasteiger partial charge in [0.05, 0.1) is 5.56 Å². The van der Waals surface area contributed by atoms with E-state index in [0.717, 1.165) is 44.7 Å². The lowest BCUT2D eigenvalue weighted by atomic mass is 10.1. The second kappa shape index (κ2) is 8.37. The Morgan fingerprint density at radius 3 is 2.75 bits per heavy atom. The summed E-state index contributed by atoms with van der Waals surface area (Å²) < 4.78 is 38.2. The minimum Gasteiger partial charge on any atom is -0.356 e. The molecule has 0 amide bonds. The number of hydrogen-bond acceptors (Lipinski definition) is 2. The van der Waals surface area contributed by atoms with Gasteiger partial charge in [0, 0.05) is 26.7 Å². The Hall–Kier alpha value is -1.76. The molecule has 0 radical (unpaired) electrons. The topological polar surface area (TPSA) is 39.7 Å². The minimum absolute atomic E-state index is 0.301. The van der Waals surface area contributed by atoms with Gasteiger partial charge in [0.25, 0.3) is 0 Å². The van der Waals surface area contributed by atoms with E-state index in [0.29, 0.717) is 24.0 Å². The van der Waals surface area contributed by atoms with Crippen LogP contribution < -0.4 is 10.6 Å². The second-order valence-electron chi connectivity index (χ2n) is 6.05. The number of benzene rings is 1. The maximum absolute atomic E-state index is 12.7. The number of nitrogens with zero attached hydrogens (tertiary/aromatic N) is 2. The summed E-state index contributed by atoms with van der Waals surface area (Å²) >= 11 is 0. The van der Waals surface area contributed by atoms with Crippen molar-refractivity contribution in [1.82, 2.24) is 15.5 Å². The highest BCUT2D eigenvalue weighted by Gasteiger charge is 2.30. The largest absolute Gasteiger partial charge is 0.416 e. The van der Waals surface area contributed by atoms with E-state index in [2.05, 4.69) is 27.4 Å². The average molecular weight is 342 g/mol. The second-order valence-corrected chi connectivity index (χ2v) is 6.05. The zero-order valence-corrected chi connectivity index (χ0v) is 14.2. The maximum Gasteiger partial charge on any atom is 0.416 e. The van der Waals surface area contributed by atoms with Crippen molar-refractivity contribution in [3.05, 3.63) is 35.4 Å². The molecule has 0 bridgehead atoms. The van der Waals surface area contributed by atoms with Gasteiger partial charge in [-0.3, -0.25) is 4.99 Å². The summed E-state index contributed by atoms with van der Waals surface area (Å²) in [4.78, 5) is 6.54. The van der Waals surface area contributed by atoms with Gasteiger partial charge in [-0.25, -0.2) is 0 Å². The van der Waals surface area contributed by atoms with Crippen molar-refractivity contribution < 1.29 is 13.2 Å². The Kier molecular flexibility index (Phi) is 6.48. The van der Waals surface area contributed by atoms with Gasteiger partial charge in [0.2, 0.25) is 0 Å². The standard InChI is InChI=1S/C17H25F3N4/c1-3-24-8-7-14(12-24)11-23-16(21-2)22-10-13-5-4-6-15(9-13)17(18,19)20/h4-6,9,14H,3,7-8,10-12H2,1-2H3,(H2,21,22,23). The van der Waals surface area contributed by atoms with Crippen LogP contribution in [0.2, 0.25) is 0 Å². The minimum atomic E-state index is -4.32. The highest BCUT2D eigenvalue weighted by molar-refractivity contribution is 5.79. The van der Waals surface area contributed by atoms with Crippen LogP contribution in [0.3, 0.4) is 0 Å². The number of nitrogens with one attached hydrogen (secondary N) is 2. The van der Waals surface area contributed by atoms with E-state index < -0.39 is 11.7 Å². The van der Waals surface area contributed by atoms with Gasteiger partial charge in [-0.2, -0.15) is 13.2 Å².